The highest BCUT2D eigenvalue weighted by Gasteiger charge is 2.30. The first-order valence-electron chi connectivity index (χ1n) is 7.03. The number of H-pyrrole nitrogens is 1. The number of hydrogen-bond donors (Lipinski definition) is 3. The van der Waals surface area contributed by atoms with Crippen LogP contribution in [-0.4, -0.2) is 38.7 Å². The van der Waals surface area contributed by atoms with Gasteiger partial charge in [-0.05, 0) is 24.3 Å². The Labute approximate surface area is 131 Å². The summed E-state index contributed by atoms with van der Waals surface area (Å²) in [4.78, 5) is 7.55. The molecule has 23 heavy (non-hydrogen) atoms. The third-order valence-electron chi connectivity index (χ3n) is 3.58. The van der Waals surface area contributed by atoms with Crippen molar-refractivity contribution in [1.82, 2.24) is 15.0 Å². The number of hydrazone groups is 1. The third kappa shape index (κ3) is 2.28. The van der Waals surface area contributed by atoms with Crippen molar-refractivity contribution < 1.29 is 9.52 Å². The Balaban J connectivity index is 1.64. The molecule has 114 valence electrons. The van der Waals surface area contributed by atoms with Crippen LogP contribution in [0, 0.1) is 5.41 Å². The molecule has 0 saturated carbocycles. The monoisotopic (exact) mass is 307 g/mol. The van der Waals surface area contributed by atoms with Gasteiger partial charge < -0.3 is 14.5 Å². The summed E-state index contributed by atoms with van der Waals surface area (Å²) >= 11 is 0. The maximum absolute atomic E-state index is 10.2. The van der Waals surface area contributed by atoms with E-state index in [1.807, 2.05) is 24.3 Å². The van der Waals surface area contributed by atoms with Crippen LogP contribution in [0.25, 0.3) is 16.6 Å². The number of nitrogens with one attached hydrogen (secondary N) is 2. The van der Waals surface area contributed by atoms with Crippen LogP contribution in [0.15, 0.2) is 57.9 Å². The normalized spacial score (nSPS) is 15.5. The lowest BCUT2D eigenvalue weighted by molar-refractivity contribution is 0.357. The molecule has 0 fully saturated rings. The second-order valence-corrected chi connectivity index (χ2v) is 5.09. The molecule has 1 aliphatic rings. The molecule has 7 nitrogen and oxygen atoms in total. The fourth-order valence-corrected chi connectivity index (χ4v) is 2.48. The Morgan fingerprint density at radius 1 is 1.30 bits per heavy atom. The van der Waals surface area contributed by atoms with Crippen LogP contribution in [0.2, 0.25) is 0 Å². The highest BCUT2D eigenvalue weighted by atomic mass is 16.3. The lowest BCUT2D eigenvalue weighted by Gasteiger charge is -2.10. The largest absolute Gasteiger partial charge is 0.509 e. The standard InChI is InChI=1S/C16H13N5O2/c17-15-14(16-19-11-5-1-2-6-12(11)20-16)13(22)9-21(15)18-8-10-4-3-7-23-10/h1-8,17,22H,9H2,(H,19,20)/b17-15?,18-8+. The number of hydrogen-bond acceptors (Lipinski definition) is 5. The van der Waals surface area contributed by atoms with Crippen molar-refractivity contribution in [3.8, 4) is 0 Å². The van der Waals surface area contributed by atoms with Gasteiger partial charge in [-0.15, -0.1) is 0 Å². The number of aliphatic hydroxyl groups is 1. The fraction of sp³-hybridized carbons (Fsp3) is 0.0625. The average molecular weight is 307 g/mol. The molecule has 1 aliphatic heterocycles. The van der Waals surface area contributed by atoms with Gasteiger partial charge in [-0.2, -0.15) is 5.10 Å². The number of rotatable bonds is 3. The zero-order chi connectivity index (χ0) is 15.8. The predicted octanol–water partition coefficient (Wildman–Crippen LogP) is 2.75. The van der Waals surface area contributed by atoms with Crippen molar-refractivity contribution >= 4 is 28.7 Å². The Morgan fingerprint density at radius 3 is 2.96 bits per heavy atom. The van der Waals surface area contributed by atoms with Gasteiger partial charge in [0.05, 0.1) is 23.5 Å². The highest BCUT2D eigenvalue weighted by Crippen LogP contribution is 2.27. The number of fused-ring (bicyclic) bond motifs is 1. The number of amidine groups is 1. The molecule has 3 N–H and O–H groups in total. The first-order chi connectivity index (χ1) is 11.2. The van der Waals surface area contributed by atoms with Gasteiger partial charge in [0.25, 0.3) is 0 Å². The zero-order valence-electron chi connectivity index (χ0n) is 12.0. The molecule has 0 aliphatic carbocycles. The number of aliphatic hydroxyl groups excluding tert-OH is 1. The van der Waals surface area contributed by atoms with Crippen molar-refractivity contribution in [2.45, 2.75) is 0 Å². The maximum Gasteiger partial charge on any atom is 0.156 e. The van der Waals surface area contributed by atoms with E-state index in [0.29, 0.717) is 17.2 Å². The molecule has 0 amide bonds. The molecule has 0 spiro atoms. The van der Waals surface area contributed by atoms with Crippen LogP contribution in [0.3, 0.4) is 0 Å². The van der Waals surface area contributed by atoms with E-state index in [1.54, 1.807) is 18.4 Å². The van der Waals surface area contributed by atoms with Gasteiger partial charge in [-0.1, -0.05) is 12.1 Å². The van der Waals surface area contributed by atoms with E-state index >= 15 is 0 Å². The lowest BCUT2D eigenvalue weighted by Crippen LogP contribution is -2.20. The summed E-state index contributed by atoms with van der Waals surface area (Å²) in [6.45, 7) is 0.127. The summed E-state index contributed by atoms with van der Waals surface area (Å²) in [5.74, 6) is 1.19. The minimum Gasteiger partial charge on any atom is -0.509 e. The number of benzene rings is 1. The molecular weight excluding hydrogens is 294 g/mol. The van der Waals surface area contributed by atoms with E-state index in [1.165, 1.54) is 11.2 Å². The highest BCUT2D eigenvalue weighted by molar-refractivity contribution is 6.23. The van der Waals surface area contributed by atoms with Gasteiger partial charge >= 0.3 is 0 Å². The second kappa shape index (κ2) is 5.13. The van der Waals surface area contributed by atoms with Crippen molar-refractivity contribution in [3.63, 3.8) is 0 Å². The Bertz CT molecular complexity index is 903. The molecule has 0 radical (unpaired) electrons. The maximum atomic E-state index is 10.2. The van der Waals surface area contributed by atoms with Crippen molar-refractivity contribution in [1.29, 1.82) is 5.41 Å². The smallest absolute Gasteiger partial charge is 0.156 e. The zero-order valence-corrected chi connectivity index (χ0v) is 12.0. The molecule has 0 unspecified atom stereocenters. The molecule has 1 aromatic carbocycles. The quantitative estimate of drug-likeness (QED) is 0.647. The average Bonchev–Trinajstić information content (AvgIpc) is 3.24. The summed E-state index contributed by atoms with van der Waals surface area (Å²) in [5, 5.41) is 24.0. The number of furan rings is 1. The van der Waals surface area contributed by atoms with Crippen LogP contribution in [-0.2, 0) is 0 Å². The van der Waals surface area contributed by atoms with Gasteiger partial charge in [0.1, 0.15) is 29.5 Å². The first kappa shape index (κ1) is 13.3. The van der Waals surface area contributed by atoms with Gasteiger partial charge in [-0.3, -0.25) is 5.41 Å². The van der Waals surface area contributed by atoms with Gasteiger partial charge in [0.2, 0.25) is 0 Å². The molecule has 3 aromatic rings. The lowest BCUT2D eigenvalue weighted by atomic mass is 10.2. The molecule has 2 aromatic heterocycles. The van der Waals surface area contributed by atoms with E-state index in [-0.39, 0.29) is 18.1 Å². The third-order valence-corrected chi connectivity index (χ3v) is 3.58. The van der Waals surface area contributed by atoms with Crippen molar-refractivity contribution in [3.05, 3.63) is 60.0 Å². The minimum atomic E-state index is 0.0608. The number of para-hydroxylation sites is 2. The SMILES string of the molecule is N=C1C(c2nc3ccccc3[nH]2)=C(O)CN1/N=C/c1ccco1. The molecule has 4 rings (SSSR count). The van der Waals surface area contributed by atoms with Crippen molar-refractivity contribution in [2.24, 2.45) is 5.10 Å². The molecule has 0 bridgehead atoms. The summed E-state index contributed by atoms with van der Waals surface area (Å²) in [6, 6.07) is 11.1. The van der Waals surface area contributed by atoms with Gasteiger partial charge in [-0.25, -0.2) is 9.99 Å². The van der Waals surface area contributed by atoms with E-state index in [0.717, 1.165) is 11.0 Å². The summed E-state index contributed by atoms with van der Waals surface area (Å²) in [6.07, 6.45) is 3.05. The summed E-state index contributed by atoms with van der Waals surface area (Å²) in [7, 11) is 0. The van der Waals surface area contributed by atoms with E-state index < -0.39 is 0 Å². The van der Waals surface area contributed by atoms with E-state index in [4.69, 9.17) is 9.83 Å². The Morgan fingerprint density at radius 2 is 2.17 bits per heavy atom. The fourth-order valence-electron chi connectivity index (χ4n) is 2.48. The molecule has 0 saturated heterocycles. The number of nitrogens with zero attached hydrogens (tertiary/aromatic N) is 3. The van der Waals surface area contributed by atoms with Crippen LogP contribution >= 0.6 is 0 Å². The molecule has 3 heterocycles. The van der Waals surface area contributed by atoms with Crippen LogP contribution in [0.4, 0.5) is 0 Å². The molecule has 7 heteroatoms. The molecule has 0 atom stereocenters. The Kier molecular flexibility index (Phi) is 2.97. The van der Waals surface area contributed by atoms with Crippen LogP contribution in [0.1, 0.15) is 11.6 Å². The van der Waals surface area contributed by atoms with Crippen LogP contribution in [0.5, 0.6) is 0 Å². The second-order valence-electron chi connectivity index (χ2n) is 5.09. The number of aromatic nitrogens is 2. The van der Waals surface area contributed by atoms with E-state index in [9.17, 15) is 5.11 Å². The summed E-state index contributed by atoms with van der Waals surface area (Å²) < 4.78 is 5.17. The minimum absolute atomic E-state index is 0.0608. The summed E-state index contributed by atoms with van der Waals surface area (Å²) in [5.41, 5.74) is 2.00. The van der Waals surface area contributed by atoms with E-state index in [2.05, 4.69) is 15.1 Å². The predicted molar refractivity (Wildman–Crippen MR) is 86.4 cm³/mol. The first-order valence-corrected chi connectivity index (χ1v) is 7.03. The number of imidazole rings is 1. The topological polar surface area (TPSA) is 102 Å². The van der Waals surface area contributed by atoms with Gasteiger partial charge in [0, 0.05) is 0 Å². The van der Waals surface area contributed by atoms with Gasteiger partial charge in [0.15, 0.2) is 5.84 Å². The molecular formula is C16H13N5O2. The number of aromatic amines is 1. The van der Waals surface area contributed by atoms with Crippen molar-refractivity contribution in [2.75, 3.05) is 6.54 Å². The Hall–Kier alpha value is -3.35. The van der Waals surface area contributed by atoms with Crippen LogP contribution < -0.4 is 0 Å².